The molecule has 51 heavy (non-hydrogen) atoms. The summed E-state index contributed by atoms with van der Waals surface area (Å²) in [7, 11) is -0.0306. The lowest BCUT2D eigenvalue weighted by molar-refractivity contribution is 0.0131. The van der Waals surface area contributed by atoms with Gasteiger partial charge >= 0.3 is 6.03 Å². The number of urea groups is 1. The van der Waals surface area contributed by atoms with E-state index in [-0.39, 0.29) is 29.1 Å². The smallest absolute Gasteiger partial charge is 0.329 e. The highest BCUT2D eigenvalue weighted by atomic mass is 32.2. The van der Waals surface area contributed by atoms with E-state index < -0.39 is 21.9 Å². The van der Waals surface area contributed by atoms with Crippen LogP contribution in [0.5, 0.6) is 5.75 Å². The van der Waals surface area contributed by atoms with Gasteiger partial charge in [-0.2, -0.15) is 0 Å². The van der Waals surface area contributed by atoms with E-state index in [1.807, 2.05) is 19.1 Å². The maximum absolute atomic E-state index is 14.6. The average molecular weight is 719 g/mol. The predicted molar refractivity (Wildman–Crippen MR) is 200 cm³/mol. The molecule has 1 N–H and O–H groups in total. The molecule has 11 heteroatoms. The van der Waals surface area contributed by atoms with Crippen molar-refractivity contribution < 1.29 is 28.0 Å². The van der Waals surface area contributed by atoms with Crippen LogP contribution < -0.4 is 14.4 Å². The lowest BCUT2D eigenvalue weighted by atomic mass is 9.68. The number of fused-ring (bicyclic) bond motifs is 4. The minimum Gasteiger partial charge on any atom is -0.490 e. The van der Waals surface area contributed by atoms with Crippen molar-refractivity contribution >= 4 is 27.5 Å². The molecule has 2 aliphatic carbocycles. The highest BCUT2D eigenvalue weighted by Gasteiger charge is 2.44. The number of nitrogens with one attached hydrogen (secondary N) is 1. The second-order valence-corrected chi connectivity index (χ2v) is 17.8. The number of methoxy groups -OCH3 is 2. The summed E-state index contributed by atoms with van der Waals surface area (Å²) in [5, 5.41) is 0. The van der Waals surface area contributed by atoms with E-state index in [2.05, 4.69) is 51.3 Å². The van der Waals surface area contributed by atoms with Gasteiger partial charge in [-0.3, -0.25) is 9.52 Å². The van der Waals surface area contributed by atoms with Crippen LogP contribution in [-0.2, 0) is 31.2 Å². The Morgan fingerprint density at radius 1 is 1.14 bits per heavy atom. The molecule has 3 amide bonds. The molecule has 1 saturated heterocycles. The van der Waals surface area contributed by atoms with E-state index in [9.17, 15) is 13.8 Å². The fraction of sp³-hybridized carbons (Fsp3) is 0.600. The summed E-state index contributed by atoms with van der Waals surface area (Å²) in [6.45, 7) is 7.88. The van der Waals surface area contributed by atoms with Gasteiger partial charge in [-0.05, 0) is 98.9 Å². The molecular formula is C40H54N4O6S. The number of hydrogen-bond donors (Lipinski definition) is 1. The summed E-state index contributed by atoms with van der Waals surface area (Å²) in [5.74, 6) is 1.08. The molecule has 7 atom stereocenters. The average Bonchev–Trinajstić information content (AvgIpc) is 3.50. The van der Waals surface area contributed by atoms with Gasteiger partial charge in [0.1, 0.15) is 15.7 Å². The molecule has 0 radical (unpaired) electrons. The van der Waals surface area contributed by atoms with Crippen LogP contribution in [0.1, 0.15) is 72.5 Å². The van der Waals surface area contributed by atoms with Gasteiger partial charge in [-0.25, -0.2) is 9.00 Å². The Balaban J connectivity index is 1.26. The second kappa shape index (κ2) is 14.9. The van der Waals surface area contributed by atoms with Crippen molar-refractivity contribution in [3.8, 4) is 5.75 Å². The van der Waals surface area contributed by atoms with E-state index >= 15 is 0 Å². The van der Waals surface area contributed by atoms with Gasteiger partial charge in [0, 0.05) is 57.3 Å². The molecule has 1 spiro atoms. The fourth-order valence-electron chi connectivity index (χ4n) is 9.12. The van der Waals surface area contributed by atoms with Crippen LogP contribution in [0.3, 0.4) is 0 Å². The zero-order chi connectivity index (χ0) is 35.8. The molecule has 10 nitrogen and oxygen atoms in total. The van der Waals surface area contributed by atoms with Crippen molar-refractivity contribution in [3.63, 3.8) is 0 Å². The van der Waals surface area contributed by atoms with Gasteiger partial charge in [0.2, 0.25) is 0 Å². The minimum absolute atomic E-state index is 0.0317. The molecule has 2 aromatic carbocycles. The van der Waals surface area contributed by atoms with Gasteiger partial charge in [0.05, 0.1) is 30.8 Å². The molecule has 2 fully saturated rings. The summed E-state index contributed by atoms with van der Waals surface area (Å²) in [4.78, 5) is 31.6. The number of carbonyl (C=O) groups is 2. The largest absolute Gasteiger partial charge is 0.490 e. The van der Waals surface area contributed by atoms with E-state index in [4.69, 9.17) is 14.2 Å². The zero-order valence-corrected chi connectivity index (χ0v) is 31.4. The number of amides is 3. The molecule has 7 rings (SSSR count). The van der Waals surface area contributed by atoms with Crippen LogP contribution in [0.4, 0.5) is 10.5 Å². The molecule has 3 heterocycles. The summed E-state index contributed by atoms with van der Waals surface area (Å²) >= 11 is 0. The summed E-state index contributed by atoms with van der Waals surface area (Å²) < 4.78 is 39.7. The summed E-state index contributed by atoms with van der Waals surface area (Å²) in [6, 6.07) is 11.8. The number of anilines is 1. The zero-order valence-electron chi connectivity index (χ0n) is 30.6. The monoisotopic (exact) mass is 718 g/mol. The SMILES string of the molecule is COC[C@@H]1CCN(C(=O)NS2(=O)=NC(=O)c3ccc4c(c3)N(C[C@@H]3CC[C@H]3[C@@H](OC)/C=C/C[C@H](C)C2)C[C@@]2(CCCc3cc(C)ccc32)CO4)C1. The van der Waals surface area contributed by atoms with Gasteiger partial charge in [-0.1, -0.05) is 42.8 Å². The van der Waals surface area contributed by atoms with Crippen molar-refractivity contribution in [1.82, 2.24) is 9.62 Å². The third-order valence-electron chi connectivity index (χ3n) is 11.9. The van der Waals surface area contributed by atoms with Gasteiger partial charge in [-0.15, -0.1) is 4.36 Å². The summed E-state index contributed by atoms with van der Waals surface area (Å²) in [5.41, 5.74) is 5.04. The van der Waals surface area contributed by atoms with Crippen molar-refractivity contribution in [2.75, 3.05) is 64.3 Å². The van der Waals surface area contributed by atoms with Crippen LogP contribution >= 0.6 is 0 Å². The number of ether oxygens (including phenoxy) is 3. The van der Waals surface area contributed by atoms with E-state index in [1.54, 1.807) is 25.2 Å². The molecular weight excluding hydrogens is 665 g/mol. The van der Waals surface area contributed by atoms with Crippen LogP contribution in [0, 0.1) is 30.6 Å². The number of benzene rings is 2. The number of hydrogen-bond acceptors (Lipinski definition) is 7. The second-order valence-electron chi connectivity index (χ2n) is 15.8. The maximum Gasteiger partial charge on any atom is 0.329 e. The van der Waals surface area contributed by atoms with Crippen LogP contribution in [0.15, 0.2) is 52.9 Å². The molecule has 3 aliphatic heterocycles. The lowest BCUT2D eigenvalue weighted by Gasteiger charge is -2.46. The molecule has 2 aromatic rings. The topological polar surface area (TPSA) is 110 Å². The molecule has 0 aromatic heterocycles. The van der Waals surface area contributed by atoms with Crippen molar-refractivity contribution in [1.29, 1.82) is 0 Å². The minimum atomic E-state index is -3.47. The standard InChI is InChI=1S/C40H54N4O6S/c1-27-10-14-34-30(19-27)8-6-17-40(34)25-44-22-32-11-13-33(32)36(49-4)9-5-7-28(2)24-51(47,42-39(46)43-18-16-29(21-43)23-48-3)41-38(45)31-12-15-37(50-26-40)35(44)20-31/h5,9-10,12,14-15,19-20,28-29,32-33,36H,6-8,11,13,16-18,21-26H2,1-4H3,(H,41,42,45,46,47)/b9-5+/t28-,29+,32-,33+,36-,40-,51?/m0/s1. The Morgan fingerprint density at radius 3 is 2.78 bits per heavy atom. The lowest BCUT2D eigenvalue weighted by Crippen LogP contribution is -2.49. The molecule has 1 saturated carbocycles. The molecule has 1 unspecified atom stereocenters. The Morgan fingerprint density at radius 2 is 2.00 bits per heavy atom. The first-order valence-corrected chi connectivity index (χ1v) is 20.4. The van der Waals surface area contributed by atoms with Crippen molar-refractivity contribution in [2.24, 2.45) is 28.0 Å². The number of rotatable bonds is 4. The molecule has 276 valence electrons. The first kappa shape index (κ1) is 36.0. The predicted octanol–water partition coefficient (Wildman–Crippen LogP) is 6.31. The highest BCUT2D eigenvalue weighted by molar-refractivity contribution is 7.92. The molecule has 2 bridgehead atoms. The number of likely N-dealkylation sites (tertiary alicyclic amines) is 1. The number of nitrogens with zero attached hydrogens (tertiary/aromatic N) is 3. The fourth-order valence-corrected chi connectivity index (χ4v) is 11.0. The van der Waals surface area contributed by atoms with E-state index in [1.165, 1.54) is 16.7 Å². The van der Waals surface area contributed by atoms with Gasteiger partial charge in [0.15, 0.2) is 0 Å². The van der Waals surface area contributed by atoms with Crippen LogP contribution in [-0.4, -0.2) is 86.5 Å². The van der Waals surface area contributed by atoms with Crippen molar-refractivity contribution in [2.45, 2.75) is 70.3 Å². The van der Waals surface area contributed by atoms with E-state index in [0.29, 0.717) is 50.1 Å². The normalized spacial score (nSPS) is 32.9. The summed E-state index contributed by atoms with van der Waals surface area (Å²) in [6.07, 6.45) is 11.0. The first-order valence-electron chi connectivity index (χ1n) is 18.7. The third-order valence-corrected chi connectivity index (χ3v) is 13.9. The highest BCUT2D eigenvalue weighted by Crippen LogP contribution is 2.47. The number of carbonyl (C=O) groups excluding carboxylic acids is 2. The van der Waals surface area contributed by atoms with Crippen LogP contribution in [0.25, 0.3) is 0 Å². The Bertz CT molecular complexity index is 1790. The third kappa shape index (κ3) is 7.57. The Labute approximate surface area is 303 Å². The van der Waals surface area contributed by atoms with Gasteiger partial charge in [0.25, 0.3) is 5.91 Å². The van der Waals surface area contributed by atoms with Gasteiger partial charge < -0.3 is 24.0 Å². The first-order chi connectivity index (χ1) is 24.6. The van der Waals surface area contributed by atoms with Crippen LogP contribution in [0.2, 0.25) is 0 Å². The Kier molecular flexibility index (Phi) is 10.5. The quantitative estimate of drug-likeness (QED) is 0.370. The van der Waals surface area contributed by atoms with Crippen molar-refractivity contribution in [3.05, 3.63) is 70.8 Å². The maximum atomic E-state index is 14.6. The molecule has 5 aliphatic rings. The number of allylic oxidation sites excluding steroid dienone is 1. The number of aryl methyl sites for hydroxylation is 2. The Hall–Kier alpha value is -3.41. The van der Waals surface area contributed by atoms with E-state index in [0.717, 1.165) is 63.1 Å².